The second-order valence-electron chi connectivity index (χ2n) is 6.19. The van der Waals surface area contributed by atoms with Gasteiger partial charge in [0, 0.05) is 16.3 Å². The van der Waals surface area contributed by atoms with Gasteiger partial charge >= 0.3 is 11.8 Å². The molecule has 0 aliphatic rings. The van der Waals surface area contributed by atoms with Crippen LogP contribution >= 0.6 is 22.7 Å². The van der Waals surface area contributed by atoms with Crippen molar-refractivity contribution in [3.8, 4) is 0 Å². The molecule has 0 aliphatic heterocycles. The summed E-state index contributed by atoms with van der Waals surface area (Å²) in [6, 6.07) is 17.1. The monoisotopic (exact) mass is 427 g/mol. The van der Waals surface area contributed by atoms with Crippen LogP contribution in [-0.2, 0) is 20.8 Å². The van der Waals surface area contributed by atoms with Crippen molar-refractivity contribution in [1.82, 2.24) is 16.0 Å². The molecule has 0 radical (unpaired) electrons. The Morgan fingerprint density at radius 3 is 2.24 bits per heavy atom. The average molecular weight is 428 g/mol. The average Bonchev–Trinajstić information content (AvgIpc) is 3.45. The van der Waals surface area contributed by atoms with Crippen LogP contribution in [0, 0.1) is 0 Å². The van der Waals surface area contributed by atoms with E-state index >= 15 is 0 Å². The predicted octanol–water partition coefficient (Wildman–Crippen LogP) is 2.49. The fraction of sp³-hybridized carbons (Fsp3) is 0.190. The summed E-state index contributed by atoms with van der Waals surface area (Å²) < 4.78 is 0. The van der Waals surface area contributed by atoms with Gasteiger partial charge in [0.05, 0.1) is 12.6 Å². The molecular weight excluding hydrogens is 406 g/mol. The van der Waals surface area contributed by atoms with Crippen LogP contribution in [0.15, 0.2) is 65.4 Å². The first-order chi connectivity index (χ1) is 14.1. The summed E-state index contributed by atoms with van der Waals surface area (Å²) in [5.41, 5.74) is 0.945. The fourth-order valence-electron chi connectivity index (χ4n) is 2.71. The summed E-state index contributed by atoms with van der Waals surface area (Å²) in [5.74, 6) is -1.93. The van der Waals surface area contributed by atoms with E-state index in [4.69, 9.17) is 0 Å². The Morgan fingerprint density at radius 2 is 1.55 bits per heavy atom. The van der Waals surface area contributed by atoms with Crippen molar-refractivity contribution in [2.75, 3.05) is 13.1 Å². The zero-order valence-corrected chi connectivity index (χ0v) is 17.2. The van der Waals surface area contributed by atoms with Gasteiger partial charge in [-0.1, -0.05) is 42.5 Å². The highest BCUT2D eigenvalue weighted by Crippen LogP contribution is 2.25. The molecule has 3 N–H and O–H groups in total. The lowest BCUT2D eigenvalue weighted by Gasteiger charge is -2.18. The van der Waals surface area contributed by atoms with E-state index in [1.54, 1.807) is 11.3 Å². The molecule has 0 bridgehead atoms. The van der Waals surface area contributed by atoms with Gasteiger partial charge in [0.2, 0.25) is 5.91 Å². The number of hydrogen-bond acceptors (Lipinski definition) is 5. The lowest BCUT2D eigenvalue weighted by molar-refractivity contribution is -0.139. The zero-order valence-electron chi connectivity index (χ0n) is 15.6. The normalized spacial score (nSPS) is 11.4. The standard InChI is InChI=1S/C21H21N3O3S2/c25-18(14-23-21(27)20(26)22-11-10-16-8-4-12-28-16)24-19(17-9-5-13-29-17)15-6-2-1-3-7-15/h1-9,12-13,19H,10-11,14H2,(H,22,26)(H,23,27)(H,24,25). The van der Waals surface area contributed by atoms with Crippen LogP contribution in [0.3, 0.4) is 0 Å². The molecule has 29 heavy (non-hydrogen) atoms. The van der Waals surface area contributed by atoms with E-state index in [0.717, 1.165) is 15.3 Å². The van der Waals surface area contributed by atoms with Gasteiger partial charge in [-0.15, -0.1) is 22.7 Å². The number of thiophene rings is 2. The predicted molar refractivity (Wildman–Crippen MR) is 115 cm³/mol. The molecule has 3 aromatic rings. The van der Waals surface area contributed by atoms with Crippen molar-refractivity contribution >= 4 is 40.4 Å². The van der Waals surface area contributed by atoms with Crippen LogP contribution in [-0.4, -0.2) is 30.8 Å². The molecule has 0 saturated carbocycles. The summed E-state index contributed by atoms with van der Waals surface area (Å²) in [6.45, 7) is 0.0965. The first-order valence-electron chi connectivity index (χ1n) is 9.09. The molecule has 0 spiro atoms. The first kappa shape index (κ1) is 20.8. The summed E-state index contributed by atoms with van der Waals surface area (Å²) in [4.78, 5) is 38.3. The van der Waals surface area contributed by atoms with E-state index in [1.807, 2.05) is 65.4 Å². The van der Waals surface area contributed by atoms with E-state index in [-0.39, 0.29) is 18.5 Å². The van der Waals surface area contributed by atoms with E-state index in [9.17, 15) is 14.4 Å². The summed E-state index contributed by atoms with van der Waals surface area (Å²) >= 11 is 3.14. The minimum atomic E-state index is -0.821. The second-order valence-corrected chi connectivity index (χ2v) is 8.21. The topological polar surface area (TPSA) is 87.3 Å². The molecule has 3 rings (SSSR count). The van der Waals surface area contributed by atoms with Crippen LogP contribution in [0.25, 0.3) is 0 Å². The maximum absolute atomic E-state index is 12.4. The van der Waals surface area contributed by atoms with Crippen molar-refractivity contribution in [2.45, 2.75) is 12.5 Å². The van der Waals surface area contributed by atoms with Crippen molar-refractivity contribution in [3.05, 3.63) is 80.7 Å². The Bertz CT molecular complexity index is 926. The number of amides is 3. The van der Waals surface area contributed by atoms with Gasteiger partial charge in [0.25, 0.3) is 0 Å². The highest BCUT2D eigenvalue weighted by atomic mass is 32.1. The maximum Gasteiger partial charge on any atom is 0.309 e. The number of carbonyl (C=O) groups excluding carboxylic acids is 3. The van der Waals surface area contributed by atoms with Crippen LogP contribution < -0.4 is 16.0 Å². The van der Waals surface area contributed by atoms with Crippen LogP contribution in [0.4, 0.5) is 0 Å². The Balaban J connectivity index is 1.47. The molecule has 6 nitrogen and oxygen atoms in total. The summed E-state index contributed by atoms with van der Waals surface area (Å²) in [5, 5.41) is 11.8. The molecule has 1 aromatic carbocycles. The molecule has 1 unspecified atom stereocenters. The number of benzene rings is 1. The Kier molecular flexibility index (Phi) is 7.54. The Labute approximate surface area is 177 Å². The summed E-state index contributed by atoms with van der Waals surface area (Å²) in [6.07, 6.45) is 0.663. The largest absolute Gasteiger partial charge is 0.347 e. The van der Waals surface area contributed by atoms with Gasteiger partial charge in [0.1, 0.15) is 0 Å². The van der Waals surface area contributed by atoms with E-state index in [1.165, 1.54) is 11.3 Å². The zero-order chi connectivity index (χ0) is 20.5. The molecule has 150 valence electrons. The molecule has 3 amide bonds. The van der Waals surface area contributed by atoms with E-state index < -0.39 is 11.8 Å². The van der Waals surface area contributed by atoms with Gasteiger partial charge in [-0.3, -0.25) is 14.4 Å². The lowest BCUT2D eigenvalue weighted by atomic mass is 10.1. The minimum Gasteiger partial charge on any atom is -0.347 e. The quantitative estimate of drug-likeness (QED) is 0.483. The molecule has 0 fully saturated rings. The van der Waals surface area contributed by atoms with E-state index in [2.05, 4.69) is 16.0 Å². The van der Waals surface area contributed by atoms with E-state index in [0.29, 0.717) is 13.0 Å². The fourth-order valence-corrected chi connectivity index (χ4v) is 4.22. The summed E-state index contributed by atoms with van der Waals surface area (Å²) in [7, 11) is 0. The highest BCUT2D eigenvalue weighted by Gasteiger charge is 2.19. The van der Waals surface area contributed by atoms with Gasteiger partial charge in [-0.25, -0.2) is 0 Å². The molecule has 0 aliphatic carbocycles. The third-order valence-electron chi connectivity index (χ3n) is 4.12. The molecule has 2 heterocycles. The maximum atomic E-state index is 12.4. The SMILES string of the molecule is O=C(CNC(=O)C(=O)NCCc1cccs1)NC(c1ccccc1)c1cccs1. The molecule has 8 heteroatoms. The highest BCUT2D eigenvalue weighted by molar-refractivity contribution is 7.10. The minimum absolute atomic E-state index is 0.272. The smallest absolute Gasteiger partial charge is 0.309 e. The van der Waals surface area contributed by atoms with Crippen molar-refractivity contribution < 1.29 is 14.4 Å². The third-order valence-corrected chi connectivity index (χ3v) is 5.99. The van der Waals surface area contributed by atoms with Gasteiger partial charge in [-0.05, 0) is 34.9 Å². The van der Waals surface area contributed by atoms with Gasteiger partial charge in [-0.2, -0.15) is 0 Å². The molecule has 0 saturated heterocycles. The Hall–Kier alpha value is -2.97. The second kappa shape index (κ2) is 10.5. The number of carbonyl (C=O) groups is 3. The number of nitrogens with one attached hydrogen (secondary N) is 3. The van der Waals surface area contributed by atoms with Crippen molar-refractivity contribution in [3.63, 3.8) is 0 Å². The number of rotatable bonds is 8. The molecular formula is C21H21N3O3S2. The number of hydrogen-bond donors (Lipinski definition) is 3. The third kappa shape index (κ3) is 6.27. The van der Waals surface area contributed by atoms with Crippen LogP contribution in [0.5, 0.6) is 0 Å². The molecule has 2 aromatic heterocycles. The van der Waals surface area contributed by atoms with Crippen LogP contribution in [0.1, 0.15) is 21.4 Å². The van der Waals surface area contributed by atoms with Crippen molar-refractivity contribution in [1.29, 1.82) is 0 Å². The first-order valence-corrected chi connectivity index (χ1v) is 10.9. The molecule has 1 atom stereocenters. The van der Waals surface area contributed by atoms with Gasteiger partial charge < -0.3 is 16.0 Å². The lowest BCUT2D eigenvalue weighted by Crippen LogP contribution is -2.45. The van der Waals surface area contributed by atoms with Crippen molar-refractivity contribution in [2.24, 2.45) is 0 Å². The van der Waals surface area contributed by atoms with Crippen LogP contribution in [0.2, 0.25) is 0 Å². The van der Waals surface area contributed by atoms with Gasteiger partial charge in [0.15, 0.2) is 0 Å². The Morgan fingerprint density at radius 1 is 0.828 bits per heavy atom.